The summed E-state index contributed by atoms with van der Waals surface area (Å²) in [6.45, 7) is 3.69. The summed E-state index contributed by atoms with van der Waals surface area (Å²) >= 11 is 1.68. The molecule has 0 aliphatic rings. The minimum atomic E-state index is -0.0409. The van der Waals surface area contributed by atoms with Crippen molar-refractivity contribution in [1.29, 1.82) is 0 Å². The quantitative estimate of drug-likeness (QED) is 0.343. The molecule has 0 fully saturated rings. The fourth-order valence-corrected chi connectivity index (χ4v) is 4.71. The highest BCUT2D eigenvalue weighted by Crippen LogP contribution is 2.31. The van der Waals surface area contributed by atoms with E-state index in [-0.39, 0.29) is 12.5 Å². The minimum Gasteiger partial charge on any atom is -0.349 e. The van der Waals surface area contributed by atoms with Crippen LogP contribution in [0.1, 0.15) is 19.0 Å². The molecule has 33 heavy (non-hydrogen) atoms. The maximum atomic E-state index is 12.8. The Balaban J connectivity index is 1.27. The van der Waals surface area contributed by atoms with Gasteiger partial charge in [0.1, 0.15) is 6.54 Å². The van der Waals surface area contributed by atoms with Crippen LogP contribution in [0.5, 0.6) is 0 Å². The van der Waals surface area contributed by atoms with Crippen LogP contribution in [0.2, 0.25) is 0 Å². The molecule has 0 aliphatic carbocycles. The molecule has 0 saturated heterocycles. The van der Waals surface area contributed by atoms with E-state index in [1.165, 1.54) is 0 Å². The van der Waals surface area contributed by atoms with Crippen molar-refractivity contribution in [2.24, 2.45) is 0 Å². The summed E-state index contributed by atoms with van der Waals surface area (Å²) in [4.78, 5) is 18.5. The summed E-state index contributed by atoms with van der Waals surface area (Å²) in [5.74, 6) is -0.0409. The van der Waals surface area contributed by atoms with E-state index >= 15 is 0 Å². The number of fused-ring (bicyclic) bond motifs is 1. The van der Waals surface area contributed by atoms with Crippen LogP contribution in [0, 0.1) is 0 Å². The van der Waals surface area contributed by atoms with Crippen molar-refractivity contribution in [2.75, 3.05) is 0 Å². The molecule has 0 unspecified atom stereocenters. The lowest BCUT2D eigenvalue weighted by Gasteiger charge is -2.11. The van der Waals surface area contributed by atoms with E-state index in [1.54, 1.807) is 11.3 Å². The molecule has 0 radical (unpaired) electrons. The van der Waals surface area contributed by atoms with Crippen molar-refractivity contribution in [3.8, 4) is 21.7 Å². The molecular formula is C26H25N5OS. The molecule has 1 aromatic carbocycles. The number of thiophene rings is 1. The van der Waals surface area contributed by atoms with E-state index in [1.807, 2.05) is 53.6 Å². The highest BCUT2D eigenvalue weighted by Gasteiger charge is 2.14. The average Bonchev–Trinajstić information content (AvgIpc) is 3.59. The smallest absolute Gasteiger partial charge is 0.240 e. The standard InChI is InChI=1S/C26H25N5OS/c1-2-11-30-17-21(15-29-30)20-9-10-22(27-14-20)16-28-26(32)18-31-23-7-4-3-6-19(23)13-24(31)25-8-5-12-33-25/h3-10,12-15,17H,2,11,16,18H2,1H3,(H,28,32). The second-order valence-electron chi connectivity index (χ2n) is 7.96. The van der Waals surface area contributed by atoms with E-state index in [4.69, 9.17) is 0 Å². The van der Waals surface area contributed by atoms with E-state index in [9.17, 15) is 4.79 Å². The van der Waals surface area contributed by atoms with Crippen molar-refractivity contribution >= 4 is 28.1 Å². The monoisotopic (exact) mass is 455 g/mol. The molecule has 0 saturated carbocycles. The maximum Gasteiger partial charge on any atom is 0.240 e. The summed E-state index contributed by atoms with van der Waals surface area (Å²) in [6, 6.07) is 18.4. The van der Waals surface area contributed by atoms with E-state index in [2.05, 4.69) is 56.5 Å². The number of rotatable bonds is 8. The Morgan fingerprint density at radius 3 is 2.76 bits per heavy atom. The molecular weight excluding hydrogens is 430 g/mol. The zero-order valence-electron chi connectivity index (χ0n) is 18.4. The molecule has 1 amide bonds. The van der Waals surface area contributed by atoms with Gasteiger partial charge >= 0.3 is 0 Å². The van der Waals surface area contributed by atoms with Crippen LogP contribution in [-0.4, -0.2) is 25.2 Å². The Bertz CT molecular complexity index is 1370. The van der Waals surface area contributed by atoms with E-state index in [0.717, 1.165) is 51.3 Å². The van der Waals surface area contributed by atoms with Crippen LogP contribution >= 0.6 is 11.3 Å². The van der Waals surface area contributed by atoms with Gasteiger partial charge in [-0.05, 0) is 36.1 Å². The number of hydrogen-bond acceptors (Lipinski definition) is 4. The van der Waals surface area contributed by atoms with Gasteiger partial charge in [0.25, 0.3) is 0 Å². The predicted octanol–water partition coefficient (Wildman–Crippen LogP) is 5.35. The van der Waals surface area contributed by atoms with E-state index < -0.39 is 0 Å². The second kappa shape index (κ2) is 9.42. The molecule has 166 valence electrons. The number of benzene rings is 1. The molecule has 0 bridgehead atoms. The van der Waals surface area contributed by atoms with E-state index in [0.29, 0.717) is 6.54 Å². The number of nitrogens with one attached hydrogen (secondary N) is 1. The van der Waals surface area contributed by atoms with Crippen LogP contribution in [0.3, 0.4) is 0 Å². The number of carbonyl (C=O) groups excluding carboxylic acids is 1. The Hall–Kier alpha value is -3.71. The van der Waals surface area contributed by atoms with Crippen LogP contribution < -0.4 is 5.32 Å². The van der Waals surface area contributed by atoms with Crippen molar-refractivity contribution < 1.29 is 4.79 Å². The summed E-state index contributed by atoms with van der Waals surface area (Å²) in [5.41, 5.74) is 5.01. The average molecular weight is 456 g/mol. The third-order valence-electron chi connectivity index (χ3n) is 5.60. The van der Waals surface area contributed by atoms with Gasteiger partial charge in [0.15, 0.2) is 0 Å². The first-order valence-corrected chi connectivity index (χ1v) is 12.0. The molecule has 7 heteroatoms. The van der Waals surface area contributed by atoms with Gasteiger partial charge < -0.3 is 9.88 Å². The molecule has 1 N–H and O–H groups in total. The molecule has 5 aromatic rings. The van der Waals surface area contributed by atoms with Crippen LogP contribution in [0.4, 0.5) is 0 Å². The number of amides is 1. The van der Waals surface area contributed by atoms with Crippen molar-refractivity contribution in [1.82, 2.24) is 24.6 Å². The van der Waals surface area contributed by atoms with Gasteiger partial charge in [-0.2, -0.15) is 5.10 Å². The third-order valence-corrected chi connectivity index (χ3v) is 6.49. The first kappa shape index (κ1) is 21.2. The molecule has 5 rings (SSSR count). The van der Waals surface area contributed by atoms with Crippen molar-refractivity contribution in [2.45, 2.75) is 33.0 Å². The topological polar surface area (TPSA) is 64.7 Å². The largest absolute Gasteiger partial charge is 0.349 e. The number of pyridine rings is 1. The van der Waals surface area contributed by atoms with Gasteiger partial charge in [-0.3, -0.25) is 14.5 Å². The lowest BCUT2D eigenvalue weighted by atomic mass is 10.1. The third kappa shape index (κ3) is 4.59. The highest BCUT2D eigenvalue weighted by molar-refractivity contribution is 7.13. The fourth-order valence-electron chi connectivity index (χ4n) is 3.96. The minimum absolute atomic E-state index is 0.0409. The number of nitrogens with zero attached hydrogens (tertiary/aromatic N) is 4. The van der Waals surface area contributed by atoms with Gasteiger partial charge in [-0.15, -0.1) is 11.3 Å². The van der Waals surface area contributed by atoms with Gasteiger partial charge in [-0.25, -0.2) is 0 Å². The first-order chi connectivity index (χ1) is 16.2. The molecule has 4 heterocycles. The Labute approximate surface area is 196 Å². The Morgan fingerprint density at radius 2 is 1.97 bits per heavy atom. The van der Waals surface area contributed by atoms with Crippen LogP contribution in [0.15, 0.2) is 78.6 Å². The van der Waals surface area contributed by atoms with Gasteiger partial charge in [0, 0.05) is 41.0 Å². The second-order valence-corrected chi connectivity index (χ2v) is 8.91. The first-order valence-electron chi connectivity index (χ1n) is 11.1. The summed E-state index contributed by atoms with van der Waals surface area (Å²) in [5, 5.41) is 10.6. The zero-order valence-corrected chi connectivity index (χ0v) is 19.3. The van der Waals surface area contributed by atoms with Crippen LogP contribution in [-0.2, 0) is 24.4 Å². The fraction of sp³-hybridized carbons (Fsp3) is 0.192. The van der Waals surface area contributed by atoms with Crippen molar-refractivity contribution in [3.05, 3.63) is 84.3 Å². The summed E-state index contributed by atoms with van der Waals surface area (Å²) < 4.78 is 4.03. The van der Waals surface area contributed by atoms with Gasteiger partial charge in [-0.1, -0.05) is 37.3 Å². The predicted molar refractivity (Wildman–Crippen MR) is 133 cm³/mol. The lowest BCUT2D eigenvalue weighted by molar-refractivity contribution is -0.121. The zero-order chi connectivity index (χ0) is 22.6. The SMILES string of the molecule is CCCn1cc(-c2ccc(CNC(=O)Cn3c(-c4cccs4)cc4ccccc43)nc2)cn1. The van der Waals surface area contributed by atoms with Crippen LogP contribution in [0.25, 0.3) is 32.6 Å². The Morgan fingerprint density at radius 1 is 1.06 bits per heavy atom. The number of para-hydroxylation sites is 1. The molecule has 4 aromatic heterocycles. The molecule has 6 nitrogen and oxygen atoms in total. The highest BCUT2D eigenvalue weighted by atomic mass is 32.1. The summed E-state index contributed by atoms with van der Waals surface area (Å²) in [6.07, 6.45) is 6.78. The Kier molecular flexibility index (Phi) is 6.04. The number of hydrogen-bond donors (Lipinski definition) is 1. The van der Waals surface area contributed by atoms with Crippen molar-refractivity contribution in [3.63, 3.8) is 0 Å². The summed E-state index contributed by atoms with van der Waals surface area (Å²) in [7, 11) is 0. The molecule has 0 aliphatic heterocycles. The molecule has 0 spiro atoms. The number of carbonyl (C=O) groups is 1. The maximum absolute atomic E-state index is 12.8. The molecule has 0 atom stereocenters. The lowest BCUT2D eigenvalue weighted by Crippen LogP contribution is -2.27. The van der Waals surface area contributed by atoms with Gasteiger partial charge in [0.05, 0.1) is 29.0 Å². The number of aromatic nitrogens is 4. The van der Waals surface area contributed by atoms with Gasteiger partial charge in [0.2, 0.25) is 5.91 Å². The number of aryl methyl sites for hydroxylation is 1. The normalized spacial score (nSPS) is 11.2.